The quantitative estimate of drug-likeness (QED) is 0.684. The van der Waals surface area contributed by atoms with Crippen molar-refractivity contribution in [2.45, 2.75) is 48.4 Å². The molecule has 0 bridgehead atoms. The van der Waals surface area contributed by atoms with Crippen LogP contribution in [0.3, 0.4) is 0 Å². The van der Waals surface area contributed by atoms with Gasteiger partial charge < -0.3 is 20.1 Å². The molecule has 0 aliphatic carbocycles. The molecule has 1 fully saturated rings. The molecular formula is C17H19F3N4O4S. The summed E-state index contributed by atoms with van der Waals surface area (Å²) in [5.41, 5.74) is -6.53. The van der Waals surface area contributed by atoms with Crippen molar-refractivity contribution in [3.8, 4) is 11.9 Å². The molecule has 0 radical (unpaired) electrons. The maximum atomic E-state index is 13.0. The molecule has 158 valence electrons. The Morgan fingerprint density at radius 1 is 1.41 bits per heavy atom. The number of aliphatic hydroxyl groups is 1. The number of guanidine groups is 1. The summed E-state index contributed by atoms with van der Waals surface area (Å²) in [4.78, 5) is 4.29. The summed E-state index contributed by atoms with van der Waals surface area (Å²) in [6.07, 6.45) is 1.02. The summed E-state index contributed by atoms with van der Waals surface area (Å²) < 4.78 is 68.5. The molecule has 2 aliphatic heterocycles. The topological polar surface area (TPSA) is 115 Å². The summed E-state index contributed by atoms with van der Waals surface area (Å²) in [7, 11) is -5.59. The first-order chi connectivity index (χ1) is 13.4. The maximum absolute atomic E-state index is 13.0. The lowest BCUT2D eigenvalue weighted by Crippen LogP contribution is -2.58. The van der Waals surface area contributed by atoms with E-state index in [4.69, 9.17) is 10.00 Å². The maximum Gasteiger partial charge on any atom is 0.501 e. The van der Waals surface area contributed by atoms with E-state index in [2.05, 4.69) is 10.3 Å². The van der Waals surface area contributed by atoms with Gasteiger partial charge >= 0.3 is 5.51 Å². The minimum absolute atomic E-state index is 0.0662. The molecule has 0 amide bonds. The Kier molecular flexibility index (Phi) is 5.17. The molecule has 2 N–H and O–H groups in total. The van der Waals surface area contributed by atoms with Crippen molar-refractivity contribution in [3.05, 3.63) is 23.8 Å². The van der Waals surface area contributed by atoms with Crippen LogP contribution < -0.4 is 10.1 Å². The van der Waals surface area contributed by atoms with Crippen molar-refractivity contribution in [1.82, 2.24) is 10.2 Å². The van der Waals surface area contributed by atoms with Gasteiger partial charge in [-0.2, -0.15) is 18.4 Å². The zero-order valence-corrected chi connectivity index (χ0v) is 16.4. The summed E-state index contributed by atoms with van der Waals surface area (Å²) in [5, 5.41) is 22.8. The third kappa shape index (κ3) is 3.60. The Hall–Kier alpha value is -2.52. The first kappa shape index (κ1) is 21.2. The normalized spacial score (nSPS) is 25.6. The van der Waals surface area contributed by atoms with E-state index in [0.29, 0.717) is 19.5 Å². The summed E-state index contributed by atoms with van der Waals surface area (Å²) in [6, 6.07) is 1.86. The SMILES string of the molecule is CC1(C)Oc2ccc(S(=O)(=O)C(F)(F)F)cc2C(N2CCCNC2=NC#N)C1O. The van der Waals surface area contributed by atoms with Gasteiger partial charge in [-0.1, -0.05) is 0 Å². The lowest BCUT2D eigenvalue weighted by molar-refractivity contribution is -0.0830. The molecule has 2 heterocycles. The van der Waals surface area contributed by atoms with Crippen LogP contribution in [0.25, 0.3) is 0 Å². The second kappa shape index (κ2) is 7.07. The van der Waals surface area contributed by atoms with E-state index in [1.165, 1.54) is 0 Å². The molecule has 0 spiro atoms. The van der Waals surface area contributed by atoms with Crippen molar-refractivity contribution >= 4 is 15.8 Å². The number of hydrogen-bond donors (Lipinski definition) is 2. The van der Waals surface area contributed by atoms with Gasteiger partial charge in [0.05, 0.1) is 10.9 Å². The van der Waals surface area contributed by atoms with Crippen LogP contribution in [-0.4, -0.2) is 54.7 Å². The van der Waals surface area contributed by atoms with Gasteiger partial charge in [-0.05, 0) is 38.5 Å². The lowest BCUT2D eigenvalue weighted by atomic mass is 9.85. The highest BCUT2D eigenvalue weighted by Crippen LogP contribution is 2.45. The predicted molar refractivity (Wildman–Crippen MR) is 95.5 cm³/mol. The molecule has 2 atom stereocenters. The van der Waals surface area contributed by atoms with E-state index in [0.717, 1.165) is 18.2 Å². The van der Waals surface area contributed by atoms with Gasteiger partial charge in [0, 0.05) is 18.7 Å². The van der Waals surface area contributed by atoms with Crippen molar-refractivity contribution < 1.29 is 31.4 Å². The Morgan fingerprint density at radius 2 is 2.10 bits per heavy atom. The number of aliphatic hydroxyl groups excluding tert-OH is 1. The van der Waals surface area contributed by atoms with Crippen LogP contribution in [0.5, 0.6) is 5.75 Å². The standard InChI is InChI=1S/C17H19F3N4O4S/c1-16(2)14(25)13(24-7-3-6-22-15(24)23-9-21)11-8-10(4-5-12(11)28-16)29(26,27)17(18,19)20/h4-5,8,13-14,25H,3,6-7H2,1-2H3,(H,22,23). The van der Waals surface area contributed by atoms with E-state index in [9.17, 15) is 26.7 Å². The Bertz CT molecular complexity index is 985. The van der Waals surface area contributed by atoms with Gasteiger partial charge in [0.2, 0.25) is 12.2 Å². The molecule has 29 heavy (non-hydrogen) atoms. The monoisotopic (exact) mass is 432 g/mol. The number of rotatable bonds is 2. The molecule has 3 rings (SSSR count). The highest BCUT2D eigenvalue weighted by atomic mass is 32.2. The minimum Gasteiger partial charge on any atom is -0.485 e. The van der Waals surface area contributed by atoms with Crippen LogP contribution in [0.1, 0.15) is 31.9 Å². The Morgan fingerprint density at radius 3 is 2.72 bits per heavy atom. The number of aliphatic imine (C=N–C) groups is 1. The first-order valence-electron chi connectivity index (χ1n) is 8.70. The van der Waals surface area contributed by atoms with Crippen LogP contribution >= 0.6 is 0 Å². The van der Waals surface area contributed by atoms with Gasteiger partial charge in [-0.3, -0.25) is 0 Å². The van der Waals surface area contributed by atoms with E-state index in [1.54, 1.807) is 24.9 Å². The molecule has 12 heteroatoms. The highest BCUT2D eigenvalue weighted by molar-refractivity contribution is 7.92. The number of benzene rings is 1. The molecule has 1 saturated heterocycles. The van der Waals surface area contributed by atoms with Crippen LogP contribution in [0.2, 0.25) is 0 Å². The fraction of sp³-hybridized carbons (Fsp3) is 0.529. The second-order valence-electron chi connectivity index (χ2n) is 7.25. The minimum atomic E-state index is -5.59. The van der Waals surface area contributed by atoms with Gasteiger partial charge in [-0.25, -0.2) is 8.42 Å². The van der Waals surface area contributed by atoms with Crippen molar-refractivity contribution in [3.63, 3.8) is 0 Å². The molecule has 0 saturated carbocycles. The number of alkyl halides is 3. The number of fused-ring (bicyclic) bond motifs is 1. The van der Waals surface area contributed by atoms with Gasteiger partial charge in [0.25, 0.3) is 9.84 Å². The smallest absolute Gasteiger partial charge is 0.485 e. The Balaban J connectivity index is 2.19. The fourth-order valence-corrected chi connectivity index (χ4v) is 4.26. The van der Waals surface area contributed by atoms with E-state index in [1.807, 2.05) is 0 Å². The van der Waals surface area contributed by atoms with Crippen LogP contribution in [0, 0.1) is 11.5 Å². The summed E-state index contributed by atoms with van der Waals surface area (Å²) in [6.45, 7) is 4.08. The molecule has 0 aromatic heterocycles. The predicted octanol–water partition coefficient (Wildman–Crippen LogP) is 1.69. The second-order valence-corrected chi connectivity index (χ2v) is 9.19. The average Bonchev–Trinajstić information content (AvgIpc) is 2.62. The van der Waals surface area contributed by atoms with E-state index >= 15 is 0 Å². The number of hydrogen-bond acceptors (Lipinski definition) is 6. The third-order valence-electron chi connectivity index (χ3n) is 4.92. The molecular weight excluding hydrogens is 413 g/mol. The highest BCUT2D eigenvalue weighted by Gasteiger charge is 2.50. The van der Waals surface area contributed by atoms with E-state index in [-0.39, 0.29) is 17.3 Å². The number of nitriles is 1. The van der Waals surface area contributed by atoms with Crippen molar-refractivity contribution in [2.24, 2.45) is 4.99 Å². The average molecular weight is 432 g/mol. The Labute approximate surface area is 165 Å². The van der Waals surface area contributed by atoms with Gasteiger partial charge in [-0.15, -0.1) is 4.99 Å². The van der Waals surface area contributed by atoms with Crippen molar-refractivity contribution in [2.75, 3.05) is 13.1 Å². The largest absolute Gasteiger partial charge is 0.501 e. The molecule has 1 aromatic carbocycles. The van der Waals surface area contributed by atoms with Gasteiger partial charge in [0.15, 0.2) is 0 Å². The fourth-order valence-electron chi connectivity index (χ4n) is 3.46. The summed E-state index contributed by atoms with van der Waals surface area (Å²) in [5.74, 6) is 0.295. The first-order valence-corrected chi connectivity index (χ1v) is 10.2. The number of nitrogens with zero attached hydrogens (tertiary/aromatic N) is 3. The lowest BCUT2D eigenvalue weighted by Gasteiger charge is -2.48. The molecule has 2 unspecified atom stereocenters. The third-order valence-corrected chi connectivity index (χ3v) is 6.41. The number of ether oxygens (including phenoxy) is 1. The van der Waals surface area contributed by atoms with Crippen LogP contribution in [0.4, 0.5) is 13.2 Å². The summed E-state index contributed by atoms with van der Waals surface area (Å²) >= 11 is 0. The molecule has 1 aromatic rings. The zero-order valence-electron chi connectivity index (χ0n) is 15.6. The molecule has 8 nitrogen and oxygen atoms in total. The van der Waals surface area contributed by atoms with Gasteiger partial charge in [0.1, 0.15) is 17.5 Å². The molecule has 2 aliphatic rings. The van der Waals surface area contributed by atoms with Crippen LogP contribution in [-0.2, 0) is 9.84 Å². The number of nitrogens with one attached hydrogen (secondary N) is 1. The van der Waals surface area contributed by atoms with Crippen LogP contribution in [0.15, 0.2) is 28.1 Å². The zero-order chi connectivity index (χ0) is 21.6. The number of sulfone groups is 1. The van der Waals surface area contributed by atoms with E-state index < -0.39 is 38.0 Å². The van der Waals surface area contributed by atoms with Crippen molar-refractivity contribution in [1.29, 1.82) is 5.26 Å². The number of halogens is 3.